The fraction of sp³-hybridized carbons (Fsp3) is 0.600. The first-order valence-electron chi connectivity index (χ1n) is 9.37. The van der Waals surface area contributed by atoms with Gasteiger partial charge in [0.05, 0.1) is 6.04 Å². The van der Waals surface area contributed by atoms with E-state index < -0.39 is 12.0 Å². The summed E-state index contributed by atoms with van der Waals surface area (Å²) < 4.78 is 0. The number of hydrogen-bond acceptors (Lipinski definition) is 3. The lowest BCUT2D eigenvalue weighted by Crippen LogP contribution is -2.52. The SMILES string of the molecule is C[C@H](C(=O)N1CCC[C@H]1C(=O)O)N1CCC(Cc2ccccc2)CC1. The minimum Gasteiger partial charge on any atom is -0.480 e. The summed E-state index contributed by atoms with van der Waals surface area (Å²) in [5.74, 6) is -0.231. The molecule has 0 unspecified atom stereocenters. The van der Waals surface area contributed by atoms with E-state index in [0.29, 0.717) is 18.9 Å². The van der Waals surface area contributed by atoms with Gasteiger partial charge < -0.3 is 10.0 Å². The van der Waals surface area contributed by atoms with Crippen molar-refractivity contribution in [2.75, 3.05) is 19.6 Å². The van der Waals surface area contributed by atoms with E-state index in [1.165, 1.54) is 5.56 Å². The molecule has 1 aromatic carbocycles. The predicted octanol–water partition coefficient (Wildman–Crippen LogP) is 2.41. The Morgan fingerprint density at radius 2 is 1.80 bits per heavy atom. The van der Waals surface area contributed by atoms with Gasteiger partial charge in [0.2, 0.25) is 5.91 Å². The van der Waals surface area contributed by atoms with Crippen molar-refractivity contribution in [3.8, 4) is 0 Å². The van der Waals surface area contributed by atoms with Crippen molar-refractivity contribution in [1.82, 2.24) is 9.80 Å². The van der Waals surface area contributed by atoms with Gasteiger partial charge in [-0.3, -0.25) is 9.69 Å². The molecule has 2 saturated heterocycles. The van der Waals surface area contributed by atoms with E-state index in [9.17, 15) is 14.7 Å². The second-order valence-electron chi connectivity index (χ2n) is 7.37. The molecular formula is C20H28N2O3. The van der Waals surface area contributed by atoms with Crippen LogP contribution in [0.5, 0.6) is 0 Å². The first kappa shape index (κ1) is 17.9. The molecule has 2 atom stereocenters. The van der Waals surface area contributed by atoms with Gasteiger partial charge in [0.15, 0.2) is 0 Å². The normalized spacial score (nSPS) is 23.6. The molecule has 0 spiro atoms. The molecule has 1 amide bonds. The number of carboxylic acid groups (broad SMARTS) is 1. The number of aliphatic carboxylic acids is 1. The van der Waals surface area contributed by atoms with E-state index >= 15 is 0 Å². The van der Waals surface area contributed by atoms with Crippen molar-refractivity contribution in [1.29, 1.82) is 0 Å². The average Bonchev–Trinajstić information content (AvgIpc) is 3.12. The van der Waals surface area contributed by atoms with Gasteiger partial charge >= 0.3 is 5.97 Å². The molecule has 5 heteroatoms. The van der Waals surface area contributed by atoms with Crippen LogP contribution in [0.15, 0.2) is 30.3 Å². The molecule has 136 valence electrons. The Morgan fingerprint density at radius 3 is 2.44 bits per heavy atom. The van der Waals surface area contributed by atoms with Crippen LogP contribution in [0.4, 0.5) is 0 Å². The summed E-state index contributed by atoms with van der Waals surface area (Å²) in [6.45, 7) is 4.33. The van der Waals surface area contributed by atoms with Gasteiger partial charge in [0.1, 0.15) is 6.04 Å². The van der Waals surface area contributed by atoms with E-state index in [1.54, 1.807) is 4.90 Å². The number of carbonyl (C=O) groups excluding carboxylic acids is 1. The zero-order valence-electron chi connectivity index (χ0n) is 14.9. The maximum atomic E-state index is 12.8. The largest absolute Gasteiger partial charge is 0.480 e. The van der Waals surface area contributed by atoms with Crippen LogP contribution in [-0.4, -0.2) is 58.5 Å². The van der Waals surface area contributed by atoms with E-state index in [0.717, 1.165) is 38.8 Å². The van der Waals surface area contributed by atoms with Gasteiger partial charge in [-0.05, 0) is 63.6 Å². The van der Waals surface area contributed by atoms with E-state index in [-0.39, 0.29) is 11.9 Å². The number of hydrogen-bond donors (Lipinski definition) is 1. The van der Waals surface area contributed by atoms with Gasteiger partial charge in [-0.15, -0.1) is 0 Å². The molecule has 2 heterocycles. The molecule has 3 rings (SSSR count). The molecule has 0 aliphatic carbocycles. The minimum absolute atomic E-state index is 0.0218. The number of likely N-dealkylation sites (tertiary alicyclic amines) is 2. The average molecular weight is 344 g/mol. The third-order valence-electron chi connectivity index (χ3n) is 5.74. The standard InChI is InChI=1S/C20H28N2O3/c1-15(19(23)22-11-5-8-18(22)20(24)25)21-12-9-17(10-13-21)14-16-6-3-2-4-7-16/h2-4,6-7,15,17-18H,5,8-14H2,1H3,(H,24,25)/t15-,18+/m1/s1. The summed E-state index contributed by atoms with van der Waals surface area (Å²) in [5.41, 5.74) is 1.38. The predicted molar refractivity (Wildman–Crippen MR) is 96.3 cm³/mol. The van der Waals surface area contributed by atoms with Crippen LogP contribution >= 0.6 is 0 Å². The van der Waals surface area contributed by atoms with Crippen LogP contribution in [0.1, 0.15) is 38.2 Å². The Morgan fingerprint density at radius 1 is 1.12 bits per heavy atom. The topological polar surface area (TPSA) is 60.9 Å². The summed E-state index contributed by atoms with van der Waals surface area (Å²) in [5, 5.41) is 9.29. The number of benzene rings is 1. The number of carbonyl (C=O) groups is 2. The summed E-state index contributed by atoms with van der Waals surface area (Å²) in [6.07, 6.45) is 4.65. The van der Waals surface area contributed by atoms with Crippen molar-refractivity contribution >= 4 is 11.9 Å². The molecule has 0 radical (unpaired) electrons. The van der Waals surface area contributed by atoms with Gasteiger partial charge in [0, 0.05) is 6.54 Å². The number of piperidine rings is 1. The zero-order chi connectivity index (χ0) is 17.8. The fourth-order valence-electron chi connectivity index (χ4n) is 4.18. The van der Waals surface area contributed by atoms with Crippen LogP contribution in [-0.2, 0) is 16.0 Å². The highest BCUT2D eigenvalue weighted by molar-refractivity contribution is 5.87. The lowest BCUT2D eigenvalue weighted by atomic mass is 9.89. The van der Waals surface area contributed by atoms with Crippen LogP contribution in [0.25, 0.3) is 0 Å². The molecule has 2 aliphatic rings. The highest BCUT2D eigenvalue weighted by Gasteiger charge is 2.38. The Bertz CT molecular complexity index is 596. The van der Waals surface area contributed by atoms with E-state index in [1.807, 2.05) is 13.0 Å². The number of carboxylic acids is 1. The third kappa shape index (κ3) is 4.21. The Kier molecular flexibility index (Phi) is 5.74. The molecule has 0 saturated carbocycles. The van der Waals surface area contributed by atoms with Gasteiger partial charge in [-0.2, -0.15) is 0 Å². The molecule has 0 bridgehead atoms. The molecular weight excluding hydrogens is 316 g/mol. The van der Waals surface area contributed by atoms with Crippen molar-refractivity contribution in [2.45, 2.75) is 51.1 Å². The van der Waals surface area contributed by atoms with E-state index in [4.69, 9.17) is 0 Å². The molecule has 2 aliphatic heterocycles. The second-order valence-corrected chi connectivity index (χ2v) is 7.37. The minimum atomic E-state index is -0.875. The summed E-state index contributed by atoms with van der Waals surface area (Å²) in [4.78, 5) is 27.9. The first-order chi connectivity index (χ1) is 12.1. The van der Waals surface area contributed by atoms with Crippen molar-refractivity contribution in [3.05, 3.63) is 35.9 Å². The first-order valence-corrected chi connectivity index (χ1v) is 9.37. The maximum Gasteiger partial charge on any atom is 0.326 e. The summed E-state index contributed by atoms with van der Waals surface area (Å²) in [7, 11) is 0. The molecule has 0 aromatic heterocycles. The van der Waals surface area contributed by atoms with Crippen LogP contribution in [0.2, 0.25) is 0 Å². The fourth-order valence-corrected chi connectivity index (χ4v) is 4.18. The van der Waals surface area contributed by atoms with Gasteiger partial charge in [0.25, 0.3) is 0 Å². The number of amides is 1. The molecule has 2 fully saturated rings. The molecule has 25 heavy (non-hydrogen) atoms. The molecule has 1 aromatic rings. The Balaban J connectivity index is 1.52. The Hall–Kier alpha value is -1.88. The molecule has 5 nitrogen and oxygen atoms in total. The van der Waals surface area contributed by atoms with Crippen molar-refractivity contribution < 1.29 is 14.7 Å². The van der Waals surface area contributed by atoms with Gasteiger partial charge in [-0.1, -0.05) is 30.3 Å². The number of rotatable bonds is 5. The lowest BCUT2D eigenvalue weighted by molar-refractivity contribution is -0.150. The van der Waals surface area contributed by atoms with Crippen molar-refractivity contribution in [2.24, 2.45) is 5.92 Å². The maximum absolute atomic E-state index is 12.8. The Labute approximate surface area is 149 Å². The second kappa shape index (κ2) is 8.00. The molecule has 1 N–H and O–H groups in total. The van der Waals surface area contributed by atoms with Crippen LogP contribution < -0.4 is 0 Å². The highest BCUT2D eigenvalue weighted by Crippen LogP contribution is 2.25. The lowest BCUT2D eigenvalue weighted by Gasteiger charge is -2.37. The summed E-state index contributed by atoms with van der Waals surface area (Å²) >= 11 is 0. The monoisotopic (exact) mass is 344 g/mol. The highest BCUT2D eigenvalue weighted by atomic mass is 16.4. The smallest absolute Gasteiger partial charge is 0.326 e. The van der Waals surface area contributed by atoms with Gasteiger partial charge in [-0.25, -0.2) is 4.79 Å². The third-order valence-corrected chi connectivity index (χ3v) is 5.74. The van der Waals surface area contributed by atoms with Crippen LogP contribution in [0.3, 0.4) is 0 Å². The number of nitrogens with zero attached hydrogens (tertiary/aromatic N) is 2. The quantitative estimate of drug-likeness (QED) is 0.891. The van der Waals surface area contributed by atoms with Crippen LogP contribution in [0, 0.1) is 5.92 Å². The zero-order valence-corrected chi connectivity index (χ0v) is 14.9. The summed E-state index contributed by atoms with van der Waals surface area (Å²) in [6, 6.07) is 9.71. The van der Waals surface area contributed by atoms with Crippen molar-refractivity contribution in [3.63, 3.8) is 0 Å². The van der Waals surface area contributed by atoms with E-state index in [2.05, 4.69) is 29.2 Å².